The Hall–Kier alpha value is -1.28. The van der Waals surface area contributed by atoms with Gasteiger partial charge in [-0.25, -0.2) is 0 Å². The number of β-amino-alcohol motifs (C(OH)–C–C–N with tert-alkyl or cyclic N) is 1. The first kappa shape index (κ1) is 19.5. The van der Waals surface area contributed by atoms with Crippen molar-refractivity contribution >= 4 is 24.2 Å². The fourth-order valence-corrected chi connectivity index (χ4v) is 3.93. The Bertz CT molecular complexity index is 599. The van der Waals surface area contributed by atoms with E-state index in [4.69, 9.17) is 5.11 Å². The van der Waals surface area contributed by atoms with Crippen LogP contribution < -0.4 is 10.2 Å². The summed E-state index contributed by atoms with van der Waals surface area (Å²) in [5, 5.41) is 12.4. The number of carbonyl (C=O) groups is 1. The SMILES string of the molecule is O=C(c1cc(CCS)cc(N2CCNCC2)c1)N1CCN(CCO)CC1. The van der Waals surface area contributed by atoms with Crippen LogP contribution in [-0.4, -0.2) is 92.1 Å². The lowest BCUT2D eigenvalue weighted by atomic mass is 10.0. The summed E-state index contributed by atoms with van der Waals surface area (Å²) < 4.78 is 0. The third kappa shape index (κ3) is 4.91. The zero-order chi connectivity index (χ0) is 18.4. The van der Waals surface area contributed by atoms with Gasteiger partial charge >= 0.3 is 0 Å². The van der Waals surface area contributed by atoms with E-state index >= 15 is 0 Å². The number of carbonyl (C=O) groups excluding carboxylic acids is 1. The maximum absolute atomic E-state index is 13.1. The molecule has 2 heterocycles. The Labute approximate surface area is 161 Å². The van der Waals surface area contributed by atoms with Crippen LogP contribution in [0, 0.1) is 0 Å². The molecule has 2 saturated heterocycles. The van der Waals surface area contributed by atoms with Crippen molar-refractivity contribution in [2.45, 2.75) is 6.42 Å². The number of anilines is 1. The third-order valence-electron chi connectivity index (χ3n) is 5.18. The highest BCUT2D eigenvalue weighted by Gasteiger charge is 2.23. The van der Waals surface area contributed by atoms with Crippen molar-refractivity contribution in [3.05, 3.63) is 29.3 Å². The molecule has 6 nitrogen and oxygen atoms in total. The summed E-state index contributed by atoms with van der Waals surface area (Å²) in [5.74, 6) is 0.893. The quantitative estimate of drug-likeness (QED) is 0.623. The number of aryl methyl sites for hydroxylation is 1. The lowest BCUT2D eigenvalue weighted by molar-refractivity contribution is 0.0615. The van der Waals surface area contributed by atoms with Crippen molar-refractivity contribution in [2.24, 2.45) is 0 Å². The largest absolute Gasteiger partial charge is 0.395 e. The Morgan fingerprint density at radius 3 is 2.46 bits per heavy atom. The van der Waals surface area contributed by atoms with Gasteiger partial charge in [-0.2, -0.15) is 12.6 Å². The summed E-state index contributed by atoms with van der Waals surface area (Å²) >= 11 is 4.37. The highest BCUT2D eigenvalue weighted by molar-refractivity contribution is 7.80. The van der Waals surface area contributed by atoms with Gasteiger partial charge in [0.05, 0.1) is 6.61 Å². The number of nitrogens with zero attached hydrogens (tertiary/aromatic N) is 3. The Kier molecular flexibility index (Phi) is 7.19. The van der Waals surface area contributed by atoms with E-state index < -0.39 is 0 Å². The lowest BCUT2D eigenvalue weighted by Gasteiger charge is -2.35. The van der Waals surface area contributed by atoms with Crippen LogP contribution in [-0.2, 0) is 6.42 Å². The van der Waals surface area contributed by atoms with Gasteiger partial charge in [-0.3, -0.25) is 9.69 Å². The Balaban J connectivity index is 1.75. The molecule has 0 aromatic heterocycles. The Morgan fingerprint density at radius 1 is 1.08 bits per heavy atom. The standard InChI is InChI=1S/C19H30N4O2S/c24-11-10-21-6-8-23(9-7-21)19(25)17-13-16(1-12-26)14-18(15-17)22-4-2-20-3-5-22/h13-15,20,24,26H,1-12H2. The zero-order valence-corrected chi connectivity index (χ0v) is 16.3. The fraction of sp³-hybridized carbons (Fsp3) is 0.632. The van der Waals surface area contributed by atoms with Crippen molar-refractivity contribution in [3.8, 4) is 0 Å². The van der Waals surface area contributed by atoms with Gasteiger partial charge in [-0.1, -0.05) is 0 Å². The maximum atomic E-state index is 13.1. The van der Waals surface area contributed by atoms with Crippen LogP contribution >= 0.6 is 12.6 Å². The second-order valence-corrected chi connectivity index (χ2v) is 7.40. The van der Waals surface area contributed by atoms with Crippen LogP contribution in [0.15, 0.2) is 18.2 Å². The van der Waals surface area contributed by atoms with Crippen molar-refractivity contribution < 1.29 is 9.90 Å². The molecule has 0 saturated carbocycles. The average Bonchev–Trinajstić information content (AvgIpc) is 2.69. The van der Waals surface area contributed by atoms with Gasteiger partial charge in [-0.05, 0) is 35.9 Å². The van der Waals surface area contributed by atoms with Crippen molar-refractivity contribution in [1.82, 2.24) is 15.1 Å². The van der Waals surface area contributed by atoms with E-state index in [2.05, 4.69) is 39.9 Å². The summed E-state index contributed by atoms with van der Waals surface area (Å²) in [6, 6.07) is 6.29. The average molecular weight is 379 g/mol. The van der Waals surface area contributed by atoms with Crippen LogP contribution in [0.1, 0.15) is 15.9 Å². The molecule has 0 bridgehead atoms. The number of aliphatic hydroxyl groups is 1. The fourth-order valence-electron chi connectivity index (χ4n) is 3.68. The predicted molar refractivity (Wildman–Crippen MR) is 109 cm³/mol. The predicted octanol–water partition coefficient (Wildman–Crippen LogP) is 0.319. The second-order valence-electron chi connectivity index (χ2n) is 6.96. The number of hydrogen-bond donors (Lipinski definition) is 3. The molecule has 26 heavy (non-hydrogen) atoms. The minimum atomic E-state index is 0.117. The minimum Gasteiger partial charge on any atom is -0.395 e. The third-order valence-corrected chi connectivity index (χ3v) is 5.41. The first-order valence-corrected chi connectivity index (χ1v) is 10.2. The zero-order valence-electron chi connectivity index (χ0n) is 15.4. The Morgan fingerprint density at radius 2 is 1.81 bits per heavy atom. The van der Waals surface area contributed by atoms with Crippen LogP contribution in [0.5, 0.6) is 0 Å². The molecule has 1 aromatic carbocycles. The topological polar surface area (TPSA) is 59.1 Å². The minimum absolute atomic E-state index is 0.117. The number of thiol groups is 1. The molecule has 2 aliphatic rings. The van der Waals surface area contributed by atoms with E-state index in [1.807, 2.05) is 11.0 Å². The number of piperazine rings is 2. The van der Waals surface area contributed by atoms with Crippen LogP contribution in [0.3, 0.4) is 0 Å². The number of rotatable bonds is 6. The molecule has 1 amide bonds. The van der Waals surface area contributed by atoms with Gasteiger partial charge in [0.2, 0.25) is 0 Å². The van der Waals surface area contributed by atoms with E-state index in [9.17, 15) is 4.79 Å². The first-order chi connectivity index (χ1) is 12.7. The van der Waals surface area contributed by atoms with Gasteiger partial charge in [0.1, 0.15) is 0 Å². The summed E-state index contributed by atoms with van der Waals surface area (Å²) in [6.45, 7) is 7.85. The summed E-state index contributed by atoms with van der Waals surface area (Å²) in [4.78, 5) is 19.6. The molecule has 0 radical (unpaired) electrons. The molecular weight excluding hydrogens is 348 g/mol. The number of amides is 1. The number of benzene rings is 1. The summed E-state index contributed by atoms with van der Waals surface area (Å²) in [7, 11) is 0. The second kappa shape index (κ2) is 9.60. The van der Waals surface area contributed by atoms with E-state index in [1.165, 1.54) is 5.56 Å². The van der Waals surface area contributed by atoms with Crippen LogP contribution in [0.25, 0.3) is 0 Å². The van der Waals surface area contributed by atoms with E-state index in [0.717, 1.165) is 75.8 Å². The van der Waals surface area contributed by atoms with Gasteiger partial charge in [0.25, 0.3) is 5.91 Å². The van der Waals surface area contributed by atoms with Crippen molar-refractivity contribution in [1.29, 1.82) is 0 Å². The number of nitrogens with one attached hydrogen (secondary N) is 1. The molecule has 144 valence electrons. The van der Waals surface area contributed by atoms with Crippen LogP contribution in [0.2, 0.25) is 0 Å². The monoisotopic (exact) mass is 378 g/mol. The molecule has 0 aliphatic carbocycles. The van der Waals surface area contributed by atoms with Crippen molar-refractivity contribution in [2.75, 3.05) is 76.2 Å². The van der Waals surface area contributed by atoms with Gasteiger partial charge < -0.3 is 20.2 Å². The first-order valence-electron chi connectivity index (χ1n) is 9.54. The molecule has 0 atom stereocenters. The highest BCUT2D eigenvalue weighted by atomic mass is 32.1. The van der Waals surface area contributed by atoms with Crippen molar-refractivity contribution in [3.63, 3.8) is 0 Å². The molecule has 1 aromatic rings. The smallest absolute Gasteiger partial charge is 0.254 e. The van der Waals surface area contributed by atoms with Gasteiger partial charge in [0.15, 0.2) is 0 Å². The molecule has 0 spiro atoms. The van der Waals surface area contributed by atoms with Crippen LogP contribution in [0.4, 0.5) is 5.69 Å². The molecule has 2 aliphatic heterocycles. The van der Waals surface area contributed by atoms with E-state index in [0.29, 0.717) is 6.54 Å². The number of aliphatic hydroxyl groups excluding tert-OH is 1. The summed E-state index contributed by atoms with van der Waals surface area (Å²) in [6.07, 6.45) is 0.869. The molecule has 0 unspecified atom stereocenters. The molecule has 2 N–H and O–H groups in total. The van der Waals surface area contributed by atoms with E-state index in [-0.39, 0.29) is 12.5 Å². The maximum Gasteiger partial charge on any atom is 0.254 e. The molecule has 2 fully saturated rings. The van der Waals surface area contributed by atoms with Gasteiger partial charge in [-0.15, -0.1) is 0 Å². The van der Waals surface area contributed by atoms with Gasteiger partial charge in [0, 0.05) is 70.2 Å². The normalized spacial score (nSPS) is 19.0. The molecule has 3 rings (SSSR count). The highest BCUT2D eigenvalue weighted by Crippen LogP contribution is 2.22. The van der Waals surface area contributed by atoms with E-state index in [1.54, 1.807) is 0 Å². The summed E-state index contributed by atoms with van der Waals surface area (Å²) in [5.41, 5.74) is 3.11. The number of hydrogen-bond acceptors (Lipinski definition) is 6. The lowest BCUT2D eigenvalue weighted by Crippen LogP contribution is -2.49. The molecule has 7 heteroatoms. The molecular formula is C19H30N4O2S.